The highest BCUT2D eigenvalue weighted by atomic mass is 19.1. The first-order valence-corrected chi connectivity index (χ1v) is 10.6. The van der Waals surface area contributed by atoms with Crippen molar-refractivity contribution < 1.29 is 13.6 Å². The van der Waals surface area contributed by atoms with Crippen LogP contribution in [0.4, 0.5) is 4.39 Å². The van der Waals surface area contributed by atoms with E-state index >= 15 is 0 Å². The molecule has 1 amide bonds. The highest BCUT2D eigenvalue weighted by Gasteiger charge is 2.23. The standard InChI is InChI=1S/C24H22FN5O2/c1-15(22-29-28-21-12-6-7-13-30(21)22)27-23(31)16-8-2-3-9-17(16)24-26-14-20(32-24)18-10-4-5-11-19(18)25/h2-5,8-11,14-15H,6-7,12-13H2,1H3,(H,27,31)/t15-/m0/s1. The number of fused-ring (bicyclic) bond motifs is 1. The number of aryl methyl sites for hydroxylation is 1. The number of rotatable bonds is 5. The Labute approximate surface area is 184 Å². The van der Waals surface area contributed by atoms with E-state index in [9.17, 15) is 9.18 Å². The number of carbonyl (C=O) groups excluding carboxylic acids is 1. The van der Waals surface area contributed by atoms with E-state index in [4.69, 9.17) is 4.42 Å². The van der Waals surface area contributed by atoms with Gasteiger partial charge in [-0.25, -0.2) is 9.37 Å². The van der Waals surface area contributed by atoms with Crippen LogP contribution in [-0.2, 0) is 13.0 Å². The monoisotopic (exact) mass is 431 g/mol. The van der Waals surface area contributed by atoms with Crippen LogP contribution in [0.2, 0.25) is 0 Å². The molecule has 4 aromatic rings. The maximum absolute atomic E-state index is 14.1. The van der Waals surface area contributed by atoms with E-state index in [-0.39, 0.29) is 17.8 Å². The van der Waals surface area contributed by atoms with Crippen LogP contribution < -0.4 is 5.32 Å². The molecule has 7 nitrogen and oxygen atoms in total. The van der Waals surface area contributed by atoms with E-state index in [1.54, 1.807) is 42.5 Å². The Hall–Kier alpha value is -3.81. The Kier molecular flexibility index (Phi) is 5.26. The number of benzene rings is 2. The SMILES string of the molecule is C[C@H](NC(=O)c1ccccc1-c1ncc(-c2ccccc2F)o1)c1nnc2n1CCCC2. The van der Waals surface area contributed by atoms with Gasteiger partial charge in [-0.3, -0.25) is 4.79 Å². The summed E-state index contributed by atoms with van der Waals surface area (Å²) in [5.74, 6) is 1.61. The summed E-state index contributed by atoms with van der Waals surface area (Å²) >= 11 is 0. The van der Waals surface area contributed by atoms with Gasteiger partial charge < -0.3 is 14.3 Å². The highest BCUT2D eigenvalue weighted by Crippen LogP contribution is 2.30. The van der Waals surface area contributed by atoms with Crippen LogP contribution in [0, 0.1) is 5.82 Å². The van der Waals surface area contributed by atoms with Gasteiger partial charge in [-0.2, -0.15) is 0 Å². The summed E-state index contributed by atoms with van der Waals surface area (Å²) in [6.45, 7) is 2.76. The molecule has 1 aliphatic rings. The summed E-state index contributed by atoms with van der Waals surface area (Å²) in [4.78, 5) is 17.4. The molecular formula is C24H22FN5O2. The van der Waals surface area contributed by atoms with Gasteiger partial charge in [0.05, 0.1) is 23.4 Å². The number of hydrogen-bond acceptors (Lipinski definition) is 5. The molecule has 0 saturated carbocycles. The van der Waals surface area contributed by atoms with Crippen molar-refractivity contribution in [1.29, 1.82) is 0 Å². The summed E-state index contributed by atoms with van der Waals surface area (Å²) in [6, 6.07) is 13.1. The van der Waals surface area contributed by atoms with Gasteiger partial charge in [-0.15, -0.1) is 10.2 Å². The molecule has 0 aliphatic carbocycles. The Bertz CT molecular complexity index is 1280. The van der Waals surface area contributed by atoms with Crippen molar-refractivity contribution in [2.75, 3.05) is 0 Å². The molecular weight excluding hydrogens is 409 g/mol. The van der Waals surface area contributed by atoms with Crippen LogP contribution in [0.15, 0.2) is 59.1 Å². The first kappa shape index (κ1) is 20.1. The molecule has 1 aliphatic heterocycles. The molecule has 5 rings (SSSR count). The zero-order chi connectivity index (χ0) is 22.1. The molecule has 162 valence electrons. The summed E-state index contributed by atoms with van der Waals surface area (Å²) < 4.78 is 22.0. The molecule has 2 aromatic carbocycles. The number of oxazole rings is 1. The molecule has 2 aromatic heterocycles. The average Bonchev–Trinajstić information content (AvgIpc) is 3.47. The summed E-state index contributed by atoms with van der Waals surface area (Å²) in [7, 11) is 0. The lowest BCUT2D eigenvalue weighted by atomic mass is 10.1. The van der Waals surface area contributed by atoms with Crippen LogP contribution in [0.1, 0.15) is 47.8 Å². The predicted molar refractivity (Wildman–Crippen MR) is 116 cm³/mol. The number of carbonyl (C=O) groups is 1. The van der Waals surface area contributed by atoms with Crippen molar-refractivity contribution >= 4 is 5.91 Å². The van der Waals surface area contributed by atoms with Crippen molar-refractivity contribution in [1.82, 2.24) is 25.1 Å². The van der Waals surface area contributed by atoms with E-state index in [2.05, 4.69) is 25.1 Å². The first-order valence-electron chi connectivity index (χ1n) is 10.6. The Morgan fingerprint density at radius 1 is 1.09 bits per heavy atom. The third-order valence-corrected chi connectivity index (χ3v) is 5.67. The largest absolute Gasteiger partial charge is 0.436 e. The van der Waals surface area contributed by atoms with Crippen molar-refractivity contribution in [3.8, 4) is 22.8 Å². The fraction of sp³-hybridized carbons (Fsp3) is 0.250. The normalized spacial score (nSPS) is 14.1. The van der Waals surface area contributed by atoms with Gasteiger partial charge in [0.2, 0.25) is 5.89 Å². The number of halogens is 1. The maximum Gasteiger partial charge on any atom is 0.252 e. The second-order valence-corrected chi connectivity index (χ2v) is 7.83. The summed E-state index contributed by atoms with van der Waals surface area (Å²) in [5.41, 5.74) is 1.26. The zero-order valence-electron chi connectivity index (χ0n) is 17.6. The Morgan fingerprint density at radius 2 is 1.88 bits per heavy atom. The third kappa shape index (κ3) is 3.68. The fourth-order valence-corrected chi connectivity index (χ4v) is 4.04. The van der Waals surface area contributed by atoms with E-state index in [1.807, 2.05) is 6.92 Å². The number of hydrogen-bond donors (Lipinski definition) is 1. The minimum atomic E-state index is -0.397. The molecule has 0 fully saturated rings. The van der Waals surface area contributed by atoms with Gasteiger partial charge in [-0.05, 0) is 44.0 Å². The van der Waals surface area contributed by atoms with Gasteiger partial charge in [0, 0.05) is 18.5 Å². The lowest BCUT2D eigenvalue weighted by Gasteiger charge is -2.19. The number of aromatic nitrogens is 4. The molecule has 0 bridgehead atoms. The third-order valence-electron chi connectivity index (χ3n) is 5.67. The number of amides is 1. The van der Waals surface area contributed by atoms with Crippen molar-refractivity contribution in [3.05, 3.63) is 77.8 Å². The van der Waals surface area contributed by atoms with E-state index in [0.29, 0.717) is 22.5 Å². The van der Waals surface area contributed by atoms with Crippen LogP contribution in [0.25, 0.3) is 22.8 Å². The molecule has 0 unspecified atom stereocenters. The molecule has 1 N–H and O–H groups in total. The molecule has 0 spiro atoms. The van der Waals surface area contributed by atoms with Gasteiger partial charge in [0.25, 0.3) is 5.91 Å². The average molecular weight is 431 g/mol. The van der Waals surface area contributed by atoms with Crippen LogP contribution >= 0.6 is 0 Å². The van der Waals surface area contributed by atoms with Crippen LogP contribution in [0.3, 0.4) is 0 Å². The minimum absolute atomic E-state index is 0.251. The van der Waals surface area contributed by atoms with E-state index < -0.39 is 5.82 Å². The Morgan fingerprint density at radius 3 is 2.72 bits per heavy atom. The van der Waals surface area contributed by atoms with E-state index in [1.165, 1.54) is 12.3 Å². The second kappa shape index (κ2) is 8.37. The zero-order valence-corrected chi connectivity index (χ0v) is 17.6. The van der Waals surface area contributed by atoms with Crippen molar-refractivity contribution in [2.45, 2.75) is 38.8 Å². The quantitative estimate of drug-likeness (QED) is 0.500. The molecule has 1 atom stereocenters. The smallest absolute Gasteiger partial charge is 0.252 e. The summed E-state index contributed by atoms with van der Waals surface area (Å²) in [5, 5.41) is 11.6. The van der Waals surface area contributed by atoms with Gasteiger partial charge in [0.15, 0.2) is 11.6 Å². The van der Waals surface area contributed by atoms with Crippen LogP contribution in [-0.4, -0.2) is 25.7 Å². The van der Waals surface area contributed by atoms with Crippen LogP contribution in [0.5, 0.6) is 0 Å². The Balaban J connectivity index is 1.41. The predicted octanol–water partition coefficient (Wildman–Crippen LogP) is 4.57. The molecule has 3 heterocycles. The lowest BCUT2D eigenvalue weighted by Crippen LogP contribution is -2.29. The second-order valence-electron chi connectivity index (χ2n) is 7.83. The topological polar surface area (TPSA) is 85.8 Å². The van der Waals surface area contributed by atoms with Crippen molar-refractivity contribution in [2.24, 2.45) is 0 Å². The fourth-order valence-electron chi connectivity index (χ4n) is 4.04. The lowest BCUT2D eigenvalue weighted by molar-refractivity contribution is 0.0938. The van der Waals surface area contributed by atoms with Crippen molar-refractivity contribution in [3.63, 3.8) is 0 Å². The maximum atomic E-state index is 14.1. The molecule has 8 heteroatoms. The number of nitrogens with one attached hydrogen (secondary N) is 1. The molecule has 32 heavy (non-hydrogen) atoms. The van der Waals surface area contributed by atoms with E-state index in [0.717, 1.165) is 37.5 Å². The van der Waals surface area contributed by atoms with Gasteiger partial charge in [-0.1, -0.05) is 24.3 Å². The summed E-state index contributed by atoms with van der Waals surface area (Å²) in [6.07, 6.45) is 4.56. The van der Waals surface area contributed by atoms with Gasteiger partial charge in [0.1, 0.15) is 11.6 Å². The minimum Gasteiger partial charge on any atom is -0.436 e. The first-order chi connectivity index (χ1) is 15.6. The molecule has 0 saturated heterocycles. The number of nitrogens with zero attached hydrogens (tertiary/aromatic N) is 4. The highest BCUT2D eigenvalue weighted by molar-refractivity contribution is 6.00. The molecule has 0 radical (unpaired) electrons. The van der Waals surface area contributed by atoms with Gasteiger partial charge >= 0.3 is 0 Å².